The summed E-state index contributed by atoms with van der Waals surface area (Å²) in [7, 11) is 0. The molecule has 0 amide bonds. The molecule has 1 heterocycles. The van der Waals surface area contributed by atoms with Crippen molar-refractivity contribution >= 4 is 11.4 Å². The van der Waals surface area contributed by atoms with Crippen molar-refractivity contribution in [2.45, 2.75) is 25.3 Å². The smallest absolute Gasteiger partial charge is 0.275 e. The number of rotatable bonds is 2. The average Bonchev–Trinajstić information content (AvgIpc) is 2.80. The Morgan fingerprint density at radius 2 is 1.81 bits per heavy atom. The van der Waals surface area contributed by atoms with E-state index in [1.54, 1.807) is 4.90 Å². The minimum atomic E-state index is -0.871. The number of non-ortho nitro benzene ring substituents is 1. The second kappa shape index (κ2) is 5.22. The molecule has 0 aromatic heterocycles. The van der Waals surface area contributed by atoms with Gasteiger partial charge in [0.05, 0.1) is 17.1 Å². The molecule has 0 radical (unpaired) electrons. The van der Waals surface area contributed by atoms with E-state index in [1.165, 1.54) is 0 Å². The summed E-state index contributed by atoms with van der Waals surface area (Å²) >= 11 is 0. The lowest BCUT2D eigenvalue weighted by atomic mass is 9.79. The second-order valence-corrected chi connectivity index (χ2v) is 6.01. The summed E-state index contributed by atoms with van der Waals surface area (Å²) in [5, 5.41) is 10.6. The van der Waals surface area contributed by atoms with Crippen LogP contribution < -0.4 is 10.6 Å². The first-order chi connectivity index (χ1) is 9.95. The molecule has 0 spiro atoms. The second-order valence-electron chi connectivity index (χ2n) is 6.01. The number of nitro benzene ring substituents is 1. The molecule has 114 valence electrons. The van der Waals surface area contributed by atoms with Gasteiger partial charge in [-0.05, 0) is 31.1 Å². The van der Waals surface area contributed by atoms with Gasteiger partial charge in [0.25, 0.3) is 5.69 Å². The molecule has 0 bridgehead atoms. The van der Waals surface area contributed by atoms with Gasteiger partial charge in [-0.3, -0.25) is 10.1 Å². The molecule has 2 N–H and O–H groups in total. The van der Waals surface area contributed by atoms with Crippen molar-refractivity contribution in [3.05, 3.63) is 33.9 Å². The standard InChI is InChI=1S/C14H17F2N3O2/c15-12-4-11(19(20)21)5-13(16)14(12)18-6-8-1-2-10(17)3-9(8)7-18/h4-5,8-10H,1-3,6-7,17H2/t8-,9+,10?/m1/s1. The van der Waals surface area contributed by atoms with Crippen LogP contribution in [0.15, 0.2) is 12.1 Å². The van der Waals surface area contributed by atoms with Crippen molar-refractivity contribution < 1.29 is 13.7 Å². The summed E-state index contributed by atoms with van der Waals surface area (Å²) in [4.78, 5) is 11.5. The van der Waals surface area contributed by atoms with Crippen LogP contribution in [-0.2, 0) is 0 Å². The predicted octanol–water partition coefficient (Wildman–Crippen LogP) is 2.44. The molecule has 2 aliphatic rings. The van der Waals surface area contributed by atoms with Crippen LogP contribution >= 0.6 is 0 Å². The quantitative estimate of drug-likeness (QED) is 0.672. The Bertz CT molecular complexity index is 558. The van der Waals surface area contributed by atoms with E-state index in [9.17, 15) is 18.9 Å². The minimum absolute atomic E-state index is 0.149. The number of halogens is 2. The van der Waals surface area contributed by atoms with Crippen LogP contribution in [0.25, 0.3) is 0 Å². The van der Waals surface area contributed by atoms with E-state index < -0.39 is 22.2 Å². The Morgan fingerprint density at radius 3 is 2.43 bits per heavy atom. The number of nitrogens with two attached hydrogens (primary N) is 1. The van der Waals surface area contributed by atoms with E-state index in [4.69, 9.17) is 5.73 Å². The zero-order chi connectivity index (χ0) is 15.1. The number of nitro groups is 1. The van der Waals surface area contributed by atoms with Crippen LogP contribution in [-0.4, -0.2) is 24.1 Å². The molecule has 1 aliphatic carbocycles. The largest absolute Gasteiger partial charge is 0.366 e. The molecule has 3 rings (SSSR count). The van der Waals surface area contributed by atoms with Gasteiger partial charge in [0.15, 0.2) is 11.6 Å². The number of hydrogen-bond donors (Lipinski definition) is 1. The van der Waals surface area contributed by atoms with E-state index in [0.29, 0.717) is 24.9 Å². The number of nitrogens with zero attached hydrogens (tertiary/aromatic N) is 2. The highest BCUT2D eigenvalue weighted by Gasteiger charge is 2.38. The third-order valence-corrected chi connectivity index (χ3v) is 4.62. The first-order valence-corrected chi connectivity index (χ1v) is 7.09. The van der Waals surface area contributed by atoms with Crippen molar-refractivity contribution in [1.82, 2.24) is 0 Å². The van der Waals surface area contributed by atoms with Crippen molar-refractivity contribution in [1.29, 1.82) is 0 Å². The number of fused-ring (bicyclic) bond motifs is 1. The van der Waals surface area contributed by atoms with E-state index in [1.807, 2.05) is 0 Å². The van der Waals surface area contributed by atoms with Gasteiger partial charge in [0, 0.05) is 19.1 Å². The van der Waals surface area contributed by atoms with Gasteiger partial charge in [0.2, 0.25) is 0 Å². The van der Waals surface area contributed by atoms with Gasteiger partial charge in [-0.2, -0.15) is 0 Å². The number of hydrogen-bond acceptors (Lipinski definition) is 4. The fourth-order valence-electron chi connectivity index (χ4n) is 3.61. The Balaban J connectivity index is 1.86. The topological polar surface area (TPSA) is 72.4 Å². The summed E-state index contributed by atoms with van der Waals surface area (Å²) in [6.45, 7) is 1.15. The Kier molecular flexibility index (Phi) is 3.52. The third kappa shape index (κ3) is 2.57. The first-order valence-electron chi connectivity index (χ1n) is 7.09. The molecule has 1 aromatic rings. The zero-order valence-electron chi connectivity index (χ0n) is 11.5. The lowest BCUT2D eigenvalue weighted by molar-refractivity contribution is -0.385. The molecule has 7 heteroatoms. The van der Waals surface area contributed by atoms with Crippen molar-refractivity contribution in [3.8, 4) is 0 Å². The molecule has 2 fully saturated rings. The molecule has 5 nitrogen and oxygen atoms in total. The highest BCUT2D eigenvalue weighted by molar-refractivity contribution is 5.54. The lowest BCUT2D eigenvalue weighted by Gasteiger charge is -2.27. The SMILES string of the molecule is NC1CC[C@@H]2CN(c3c(F)cc([N+](=O)[O-])cc3F)C[C@@H]2C1. The minimum Gasteiger partial charge on any atom is -0.366 e. The highest BCUT2D eigenvalue weighted by Crippen LogP contribution is 2.39. The summed E-state index contributed by atoms with van der Waals surface area (Å²) in [5.41, 5.74) is 5.23. The van der Waals surface area contributed by atoms with Gasteiger partial charge in [0.1, 0.15) is 5.69 Å². The average molecular weight is 297 g/mol. The van der Waals surface area contributed by atoms with E-state index in [2.05, 4.69) is 0 Å². The summed E-state index contributed by atoms with van der Waals surface area (Å²) in [6.07, 6.45) is 2.79. The maximum absolute atomic E-state index is 14.1. The molecule has 21 heavy (non-hydrogen) atoms. The molecule has 3 atom stereocenters. The van der Waals surface area contributed by atoms with E-state index in [-0.39, 0.29) is 11.7 Å². The molecule has 1 unspecified atom stereocenters. The molecular weight excluding hydrogens is 280 g/mol. The molecule has 1 saturated carbocycles. The Labute approximate surface area is 120 Å². The third-order valence-electron chi connectivity index (χ3n) is 4.62. The maximum atomic E-state index is 14.1. The highest BCUT2D eigenvalue weighted by atomic mass is 19.1. The maximum Gasteiger partial charge on any atom is 0.275 e. The van der Waals surface area contributed by atoms with Crippen LogP contribution in [0.2, 0.25) is 0 Å². The van der Waals surface area contributed by atoms with Gasteiger partial charge < -0.3 is 10.6 Å². The normalized spacial score (nSPS) is 28.5. The lowest BCUT2D eigenvalue weighted by Crippen LogP contribution is -2.32. The van der Waals surface area contributed by atoms with Gasteiger partial charge in [-0.25, -0.2) is 8.78 Å². The van der Waals surface area contributed by atoms with Crippen molar-refractivity contribution in [2.75, 3.05) is 18.0 Å². The summed E-state index contributed by atoms with van der Waals surface area (Å²) < 4.78 is 28.1. The van der Waals surface area contributed by atoms with Crippen LogP contribution in [0.3, 0.4) is 0 Å². The number of anilines is 1. The predicted molar refractivity (Wildman–Crippen MR) is 74.0 cm³/mol. The van der Waals surface area contributed by atoms with Crippen LogP contribution in [0.4, 0.5) is 20.2 Å². The molecule has 1 saturated heterocycles. The molecular formula is C14H17F2N3O2. The van der Waals surface area contributed by atoms with Gasteiger partial charge >= 0.3 is 0 Å². The zero-order valence-corrected chi connectivity index (χ0v) is 11.5. The van der Waals surface area contributed by atoms with Gasteiger partial charge in [-0.15, -0.1) is 0 Å². The Morgan fingerprint density at radius 1 is 1.19 bits per heavy atom. The first kappa shape index (κ1) is 14.2. The van der Waals surface area contributed by atoms with E-state index >= 15 is 0 Å². The summed E-state index contributed by atoms with van der Waals surface area (Å²) in [6, 6.07) is 1.73. The van der Waals surface area contributed by atoms with Crippen LogP contribution in [0.1, 0.15) is 19.3 Å². The fourth-order valence-corrected chi connectivity index (χ4v) is 3.61. The summed E-state index contributed by atoms with van der Waals surface area (Å²) in [5.74, 6) is -0.990. The molecule has 1 aromatic carbocycles. The van der Waals surface area contributed by atoms with Crippen molar-refractivity contribution in [3.63, 3.8) is 0 Å². The Hall–Kier alpha value is -1.76. The molecule has 1 aliphatic heterocycles. The van der Waals surface area contributed by atoms with Crippen LogP contribution in [0.5, 0.6) is 0 Å². The fraction of sp³-hybridized carbons (Fsp3) is 0.571. The van der Waals surface area contributed by atoms with Gasteiger partial charge in [-0.1, -0.05) is 0 Å². The van der Waals surface area contributed by atoms with Crippen LogP contribution in [0, 0.1) is 33.6 Å². The monoisotopic (exact) mass is 297 g/mol. The number of benzene rings is 1. The van der Waals surface area contributed by atoms with Crippen molar-refractivity contribution in [2.24, 2.45) is 17.6 Å². The van der Waals surface area contributed by atoms with E-state index in [0.717, 1.165) is 31.4 Å².